The quantitative estimate of drug-likeness (QED) is 0.628. The standard InChI is InChI=1S/C23H27BrN4O3/c1-17-6-2-3-7-18(17)14-23(31)28-12-10-27(11-13-28)16-22(30)25-15-21(29)26-20-9-5-4-8-19(20)24/h2-9H,10-16H2,1H3,(H,25,30)(H,26,29). The minimum atomic E-state index is -0.285. The zero-order chi connectivity index (χ0) is 22.2. The normalized spacial score (nSPS) is 14.2. The summed E-state index contributed by atoms with van der Waals surface area (Å²) in [6, 6.07) is 15.2. The second-order valence-electron chi connectivity index (χ2n) is 7.56. The molecule has 1 heterocycles. The van der Waals surface area contributed by atoms with Gasteiger partial charge in [-0.05, 0) is 46.1 Å². The van der Waals surface area contributed by atoms with Crippen LogP contribution < -0.4 is 10.6 Å². The number of halogens is 1. The predicted octanol–water partition coefficient (Wildman–Crippen LogP) is 2.20. The Bertz CT molecular complexity index is 942. The third-order valence-corrected chi connectivity index (χ3v) is 5.98. The summed E-state index contributed by atoms with van der Waals surface area (Å²) in [5.74, 6) is -0.379. The van der Waals surface area contributed by atoms with Gasteiger partial charge in [-0.3, -0.25) is 19.3 Å². The maximum atomic E-state index is 12.6. The number of nitrogens with one attached hydrogen (secondary N) is 2. The molecule has 164 valence electrons. The molecule has 0 spiro atoms. The summed E-state index contributed by atoms with van der Waals surface area (Å²) in [4.78, 5) is 40.7. The Balaban J connectivity index is 1.37. The van der Waals surface area contributed by atoms with Crippen LogP contribution >= 0.6 is 15.9 Å². The Morgan fingerprint density at radius 2 is 1.61 bits per heavy atom. The van der Waals surface area contributed by atoms with Gasteiger partial charge in [-0.2, -0.15) is 0 Å². The second-order valence-corrected chi connectivity index (χ2v) is 8.42. The van der Waals surface area contributed by atoms with Crippen LogP contribution in [0, 0.1) is 6.92 Å². The predicted molar refractivity (Wildman–Crippen MR) is 124 cm³/mol. The van der Waals surface area contributed by atoms with Crippen LogP contribution in [-0.2, 0) is 20.8 Å². The van der Waals surface area contributed by atoms with E-state index in [4.69, 9.17) is 0 Å². The molecule has 2 aromatic carbocycles. The number of para-hydroxylation sites is 1. The molecule has 0 bridgehead atoms. The molecule has 8 heteroatoms. The highest BCUT2D eigenvalue weighted by Crippen LogP contribution is 2.20. The number of anilines is 1. The fourth-order valence-electron chi connectivity index (χ4n) is 3.43. The van der Waals surface area contributed by atoms with E-state index in [0.29, 0.717) is 38.3 Å². The van der Waals surface area contributed by atoms with Gasteiger partial charge in [0.1, 0.15) is 0 Å². The smallest absolute Gasteiger partial charge is 0.243 e. The number of carbonyl (C=O) groups is 3. The van der Waals surface area contributed by atoms with E-state index in [0.717, 1.165) is 15.6 Å². The molecule has 0 aliphatic carbocycles. The molecule has 2 aromatic rings. The Labute approximate surface area is 190 Å². The molecule has 1 aliphatic heterocycles. The fourth-order valence-corrected chi connectivity index (χ4v) is 3.82. The van der Waals surface area contributed by atoms with E-state index in [2.05, 4.69) is 26.6 Å². The fraction of sp³-hybridized carbons (Fsp3) is 0.348. The summed E-state index contributed by atoms with van der Waals surface area (Å²) >= 11 is 3.37. The van der Waals surface area contributed by atoms with E-state index in [-0.39, 0.29) is 30.8 Å². The van der Waals surface area contributed by atoms with Gasteiger partial charge >= 0.3 is 0 Å². The van der Waals surface area contributed by atoms with Gasteiger partial charge in [-0.15, -0.1) is 0 Å². The Morgan fingerprint density at radius 1 is 0.935 bits per heavy atom. The molecule has 0 atom stereocenters. The first kappa shape index (κ1) is 23.0. The van der Waals surface area contributed by atoms with Crippen molar-refractivity contribution in [2.75, 3.05) is 44.6 Å². The number of aryl methyl sites for hydroxylation is 1. The Kier molecular flexibility index (Phi) is 8.20. The van der Waals surface area contributed by atoms with Gasteiger partial charge in [0, 0.05) is 30.7 Å². The van der Waals surface area contributed by atoms with E-state index >= 15 is 0 Å². The van der Waals surface area contributed by atoms with Gasteiger partial charge in [-0.25, -0.2) is 0 Å². The van der Waals surface area contributed by atoms with E-state index in [1.54, 1.807) is 6.07 Å². The number of hydrogen-bond donors (Lipinski definition) is 2. The largest absolute Gasteiger partial charge is 0.346 e. The summed E-state index contributed by atoms with van der Waals surface area (Å²) < 4.78 is 0.782. The van der Waals surface area contributed by atoms with Crippen LogP contribution in [0.2, 0.25) is 0 Å². The van der Waals surface area contributed by atoms with Crippen LogP contribution in [0.15, 0.2) is 53.0 Å². The zero-order valence-corrected chi connectivity index (χ0v) is 19.2. The lowest BCUT2D eigenvalue weighted by Gasteiger charge is -2.34. The van der Waals surface area contributed by atoms with Crippen LogP contribution in [0.4, 0.5) is 5.69 Å². The summed E-state index contributed by atoms with van der Waals surface area (Å²) in [6.45, 7) is 4.60. The molecular weight excluding hydrogens is 460 g/mol. The third-order valence-electron chi connectivity index (χ3n) is 5.29. The van der Waals surface area contributed by atoms with Crippen molar-refractivity contribution in [2.45, 2.75) is 13.3 Å². The molecule has 7 nitrogen and oxygen atoms in total. The molecular formula is C23H27BrN4O3. The molecule has 1 aliphatic rings. The monoisotopic (exact) mass is 486 g/mol. The maximum Gasteiger partial charge on any atom is 0.243 e. The molecule has 2 N–H and O–H groups in total. The molecule has 0 saturated carbocycles. The lowest BCUT2D eigenvalue weighted by molar-refractivity contribution is -0.132. The van der Waals surface area contributed by atoms with Crippen molar-refractivity contribution in [3.05, 3.63) is 64.1 Å². The first-order valence-electron chi connectivity index (χ1n) is 10.3. The van der Waals surface area contributed by atoms with Crippen molar-refractivity contribution in [3.8, 4) is 0 Å². The first-order chi connectivity index (χ1) is 14.9. The SMILES string of the molecule is Cc1ccccc1CC(=O)N1CCN(CC(=O)NCC(=O)Nc2ccccc2Br)CC1. The second kappa shape index (κ2) is 11.1. The molecule has 31 heavy (non-hydrogen) atoms. The number of piperazine rings is 1. The highest BCUT2D eigenvalue weighted by atomic mass is 79.9. The van der Waals surface area contributed by atoms with E-state index < -0.39 is 0 Å². The number of carbonyl (C=O) groups excluding carboxylic acids is 3. The molecule has 1 saturated heterocycles. The summed E-state index contributed by atoms with van der Waals surface area (Å²) in [5, 5.41) is 5.41. The highest BCUT2D eigenvalue weighted by Gasteiger charge is 2.23. The minimum absolute atomic E-state index is 0.0882. The van der Waals surface area contributed by atoms with Crippen molar-refractivity contribution in [3.63, 3.8) is 0 Å². The van der Waals surface area contributed by atoms with E-state index in [1.165, 1.54) is 0 Å². The van der Waals surface area contributed by atoms with Gasteiger partial charge in [0.2, 0.25) is 17.7 Å². The first-order valence-corrected chi connectivity index (χ1v) is 11.1. The number of hydrogen-bond acceptors (Lipinski definition) is 4. The van der Waals surface area contributed by atoms with E-state index in [9.17, 15) is 14.4 Å². The maximum absolute atomic E-state index is 12.6. The van der Waals surface area contributed by atoms with Crippen LogP contribution in [0.1, 0.15) is 11.1 Å². The highest BCUT2D eigenvalue weighted by molar-refractivity contribution is 9.10. The van der Waals surface area contributed by atoms with Crippen LogP contribution in [-0.4, -0.2) is 66.8 Å². The lowest BCUT2D eigenvalue weighted by atomic mass is 10.1. The van der Waals surface area contributed by atoms with Gasteiger partial charge in [0.05, 0.1) is 25.2 Å². The molecule has 3 amide bonds. The van der Waals surface area contributed by atoms with Crippen molar-refractivity contribution >= 4 is 39.3 Å². The average molecular weight is 487 g/mol. The van der Waals surface area contributed by atoms with E-state index in [1.807, 2.05) is 59.2 Å². The minimum Gasteiger partial charge on any atom is -0.346 e. The Morgan fingerprint density at radius 3 is 2.32 bits per heavy atom. The molecule has 0 aromatic heterocycles. The zero-order valence-electron chi connectivity index (χ0n) is 17.6. The van der Waals surface area contributed by atoms with Crippen LogP contribution in [0.25, 0.3) is 0 Å². The topological polar surface area (TPSA) is 81.8 Å². The van der Waals surface area contributed by atoms with Crippen LogP contribution in [0.5, 0.6) is 0 Å². The van der Waals surface area contributed by atoms with Gasteiger partial charge in [0.15, 0.2) is 0 Å². The molecule has 3 rings (SSSR count). The Hall–Kier alpha value is -2.71. The lowest BCUT2D eigenvalue weighted by Crippen LogP contribution is -2.51. The van der Waals surface area contributed by atoms with Crippen LogP contribution in [0.3, 0.4) is 0 Å². The summed E-state index contributed by atoms with van der Waals surface area (Å²) in [7, 11) is 0. The van der Waals surface area contributed by atoms with Crippen molar-refractivity contribution in [1.29, 1.82) is 0 Å². The van der Waals surface area contributed by atoms with Gasteiger partial charge < -0.3 is 15.5 Å². The average Bonchev–Trinajstić information content (AvgIpc) is 2.76. The number of rotatable bonds is 7. The molecule has 0 unspecified atom stereocenters. The number of amides is 3. The van der Waals surface area contributed by atoms with Crippen molar-refractivity contribution in [1.82, 2.24) is 15.1 Å². The third kappa shape index (κ3) is 6.90. The van der Waals surface area contributed by atoms with Gasteiger partial charge in [0.25, 0.3) is 0 Å². The van der Waals surface area contributed by atoms with Crippen molar-refractivity contribution in [2.24, 2.45) is 0 Å². The summed E-state index contributed by atoms with van der Waals surface area (Å²) in [6.07, 6.45) is 0.403. The van der Waals surface area contributed by atoms with Gasteiger partial charge in [-0.1, -0.05) is 36.4 Å². The summed E-state index contributed by atoms with van der Waals surface area (Å²) in [5.41, 5.74) is 2.83. The molecule has 0 radical (unpaired) electrons. The van der Waals surface area contributed by atoms with Crippen molar-refractivity contribution < 1.29 is 14.4 Å². The number of nitrogens with zero attached hydrogens (tertiary/aromatic N) is 2. The molecule has 1 fully saturated rings. The number of benzene rings is 2.